The number of carbonyl (C=O) groups excluding carboxylic acids is 2. The number of carbonyl (C=O) groups is 2. The lowest BCUT2D eigenvalue weighted by atomic mass is 10.00. The predicted octanol–water partition coefficient (Wildman–Crippen LogP) is 3.35. The van der Waals surface area contributed by atoms with Gasteiger partial charge < -0.3 is 10.2 Å². The first-order chi connectivity index (χ1) is 12.9. The van der Waals surface area contributed by atoms with Gasteiger partial charge in [-0.3, -0.25) is 14.5 Å². The highest BCUT2D eigenvalue weighted by molar-refractivity contribution is 5.93. The minimum Gasteiger partial charge on any atom is -0.342 e. The number of nitrogens with zero attached hydrogens (tertiary/aromatic N) is 2. The van der Waals surface area contributed by atoms with Crippen molar-refractivity contribution >= 4 is 17.5 Å². The van der Waals surface area contributed by atoms with E-state index < -0.39 is 0 Å². The van der Waals surface area contributed by atoms with Crippen LogP contribution >= 0.6 is 0 Å². The second-order valence-corrected chi connectivity index (χ2v) is 8.35. The summed E-state index contributed by atoms with van der Waals surface area (Å²) in [6.45, 7) is 9.05. The number of piperidine rings is 1. The molecule has 0 aromatic heterocycles. The molecule has 1 unspecified atom stereocenters. The third kappa shape index (κ3) is 5.55. The Morgan fingerprint density at radius 2 is 1.89 bits per heavy atom. The second kappa shape index (κ2) is 8.87. The van der Waals surface area contributed by atoms with E-state index >= 15 is 0 Å². The molecule has 27 heavy (non-hydrogen) atoms. The van der Waals surface area contributed by atoms with Crippen LogP contribution in [0.5, 0.6) is 0 Å². The van der Waals surface area contributed by atoms with Gasteiger partial charge in [-0.25, -0.2) is 0 Å². The lowest BCUT2D eigenvalue weighted by Gasteiger charge is -2.31. The summed E-state index contributed by atoms with van der Waals surface area (Å²) in [6, 6.07) is 6.49. The molecule has 3 rings (SSSR count). The van der Waals surface area contributed by atoms with Gasteiger partial charge in [0.25, 0.3) is 0 Å². The van der Waals surface area contributed by atoms with Crippen molar-refractivity contribution in [2.24, 2.45) is 5.92 Å². The van der Waals surface area contributed by atoms with E-state index in [0.717, 1.165) is 49.2 Å². The molecule has 1 aliphatic carbocycles. The molecule has 1 atom stereocenters. The van der Waals surface area contributed by atoms with Gasteiger partial charge in [0, 0.05) is 37.8 Å². The number of anilines is 1. The Labute approximate surface area is 163 Å². The second-order valence-electron chi connectivity index (χ2n) is 8.35. The number of aryl methyl sites for hydroxylation is 2. The highest BCUT2D eigenvalue weighted by Gasteiger charge is 2.31. The van der Waals surface area contributed by atoms with Gasteiger partial charge in [0.2, 0.25) is 11.8 Å². The summed E-state index contributed by atoms with van der Waals surface area (Å²) in [5.41, 5.74) is 3.07. The molecule has 0 spiro atoms. The van der Waals surface area contributed by atoms with Gasteiger partial charge in [-0.15, -0.1) is 0 Å². The topological polar surface area (TPSA) is 52.7 Å². The smallest absolute Gasteiger partial charge is 0.238 e. The van der Waals surface area contributed by atoms with Crippen LogP contribution in [0.4, 0.5) is 5.69 Å². The summed E-state index contributed by atoms with van der Waals surface area (Å²) in [5, 5.41) is 3.07. The summed E-state index contributed by atoms with van der Waals surface area (Å²) in [5.74, 6) is 0.853. The number of benzene rings is 1. The Morgan fingerprint density at radius 3 is 2.52 bits per heavy atom. The largest absolute Gasteiger partial charge is 0.342 e. The maximum atomic E-state index is 12.6. The lowest BCUT2D eigenvalue weighted by molar-refractivity contribution is -0.133. The zero-order chi connectivity index (χ0) is 19.4. The quantitative estimate of drug-likeness (QED) is 0.800. The minimum absolute atomic E-state index is 0.0124. The Hall–Kier alpha value is -1.88. The molecule has 1 saturated carbocycles. The summed E-state index contributed by atoms with van der Waals surface area (Å²) in [4.78, 5) is 29.4. The van der Waals surface area contributed by atoms with Crippen LogP contribution in [0.15, 0.2) is 18.2 Å². The lowest BCUT2D eigenvalue weighted by Crippen LogP contribution is -2.42. The molecule has 1 aliphatic heterocycles. The molecule has 1 aromatic carbocycles. The van der Waals surface area contributed by atoms with Gasteiger partial charge in [-0.1, -0.05) is 25.1 Å². The van der Waals surface area contributed by atoms with E-state index in [9.17, 15) is 9.59 Å². The van der Waals surface area contributed by atoms with Crippen molar-refractivity contribution in [3.63, 3.8) is 0 Å². The number of rotatable bonds is 7. The molecule has 5 nitrogen and oxygen atoms in total. The fraction of sp³-hybridized carbons (Fsp3) is 0.636. The highest BCUT2D eigenvalue weighted by Crippen LogP contribution is 2.27. The van der Waals surface area contributed by atoms with Crippen molar-refractivity contribution in [3.05, 3.63) is 29.3 Å². The Balaban J connectivity index is 1.52. The molecule has 0 radical (unpaired) electrons. The molecule has 1 saturated heterocycles. The van der Waals surface area contributed by atoms with E-state index in [0.29, 0.717) is 31.5 Å². The van der Waals surface area contributed by atoms with E-state index in [1.54, 1.807) is 0 Å². The average Bonchev–Trinajstić information content (AvgIpc) is 3.46. The molecular formula is C22H33N3O2. The van der Waals surface area contributed by atoms with Gasteiger partial charge in [0.15, 0.2) is 0 Å². The number of nitrogens with one attached hydrogen (secondary N) is 1. The fourth-order valence-corrected chi connectivity index (χ4v) is 4.02. The van der Waals surface area contributed by atoms with E-state index in [1.807, 2.05) is 36.9 Å². The standard InChI is InChI=1S/C22H33N3O2/c1-16-6-5-12-25(14-16)21(27)11-13-24(19-9-10-19)15-20(26)23-22-17(2)7-4-8-18(22)3/h4,7-8,16,19H,5-6,9-15H2,1-3H3,(H,23,26). The first-order valence-electron chi connectivity index (χ1n) is 10.3. The van der Waals surface area contributed by atoms with Gasteiger partial charge >= 0.3 is 0 Å². The molecular weight excluding hydrogens is 338 g/mol. The van der Waals surface area contributed by atoms with Crippen molar-refractivity contribution < 1.29 is 9.59 Å². The predicted molar refractivity (Wildman–Crippen MR) is 109 cm³/mol. The number of hydrogen-bond donors (Lipinski definition) is 1. The first-order valence-corrected chi connectivity index (χ1v) is 10.3. The van der Waals surface area contributed by atoms with Crippen LogP contribution in [-0.2, 0) is 9.59 Å². The van der Waals surface area contributed by atoms with Crippen LogP contribution in [0, 0.1) is 19.8 Å². The molecule has 2 amide bonds. The van der Waals surface area contributed by atoms with Gasteiger partial charge in [-0.05, 0) is 56.6 Å². The zero-order valence-corrected chi connectivity index (χ0v) is 17.0. The summed E-state index contributed by atoms with van der Waals surface area (Å²) >= 11 is 0. The molecule has 1 N–H and O–H groups in total. The van der Waals surface area contributed by atoms with Gasteiger partial charge in [-0.2, -0.15) is 0 Å². The summed E-state index contributed by atoms with van der Waals surface area (Å²) < 4.78 is 0. The number of likely N-dealkylation sites (tertiary alicyclic amines) is 1. The molecule has 2 aliphatic rings. The van der Waals surface area contributed by atoms with Crippen molar-refractivity contribution in [2.45, 2.75) is 58.9 Å². The van der Waals surface area contributed by atoms with Crippen molar-refractivity contribution in [1.29, 1.82) is 0 Å². The van der Waals surface area contributed by atoms with Crippen LogP contribution in [0.25, 0.3) is 0 Å². The van der Waals surface area contributed by atoms with Crippen LogP contribution < -0.4 is 5.32 Å². The average molecular weight is 372 g/mol. The maximum Gasteiger partial charge on any atom is 0.238 e. The molecule has 2 fully saturated rings. The van der Waals surface area contributed by atoms with E-state index in [4.69, 9.17) is 0 Å². The number of para-hydroxylation sites is 1. The Morgan fingerprint density at radius 1 is 1.19 bits per heavy atom. The first kappa shape index (κ1) is 19.9. The van der Waals surface area contributed by atoms with Crippen LogP contribution in [0.3, 0.4) is 0 Å². The van der Waals surface area contributed by atoms with Crippen molar-refractivity contribution in [1.82, 2.24) is 9.80 Å². The number of amides is 2. The fourth-order valence-electron chi connectivity index (χ4n) is 4.02. The highest BCUT2D eigenvalue weighted by atomic mass is 16.2. The zero-order valence-electron chi connectivity index (χ0n) is 17.0. The van der Waals surface area contributed by atoms with Crippen molar-refractivity contribution in [2.75, 3.05) is 31.5 Å². The molecule has 0 bridgehead atoms. The molecule has 148 valence electrons. The van der Waals surface area contributed by atoms with E-state index in [-0.39, 0.29) is 11.8 Å². The third-order valence-electron chi connectivity index (χ3n) is 5.78. The van der Waals surface area contributed by atoms with Gasteiger partial charge in [0.05, 0.1) is 6.54 Å². The number of hydrogen-bond acceptors (Lipinski definition) is 3. The van der Waals surface area contributed by atoms with Crippen molar-refractivity contribution in [3.8, 4) is 0 Å². The normalized spacial score (nSPS) is 20.0. The van der Waals surface area contributed by atoms with E-state index in [1.165, 1.54) is 6.42 Å². The Kier molecular flexibility index (Phi) is 6.53. The van der Waals surface area contributed by atoms with Gasteiger partial charge in [0.1, 0.15) is 0 Å². The third-order valence-corrected chi connectivity index (χ3v) is 5.78. The Bertz CT molecular complexity index is 664. The van der Waals surface area contributed by atoms with Crippen LogP contribution in [0.1, 0.15) is 50.2 Å². The summed E-state index contributed by atoms with van der Waals surface area (Å²) in [7, 11) is 0. The molecule has 1 heterocycles. The molecule has 5 heteroatoms. The van der Waals surface area contributed by atoms with Crippen LogP contribution in [-0.4, -0.2) is 53.8 Å². The maximum absolute atomic E-state index is 12.6. The van der Waals surface area contributed by atoms with E-state index in [2.05, 4.69) is 17.1 Å². The molecule has 1 aromatic rings. The summed E-state index contributed by atoms with van der Waals surface area (Å²) in [6.07, 6.45) is 5.10. The monoisotopic (exact) mass is 371 g/mol. The SMILES string of the molecule is Cc1cccc(C)c1NC(=O)CN(CCC(=O)N1CCCC(C)C1)C1CC1. The van der Waals surface area contributed by atoms with Crippen LogP contribution in [0.2, 0.25) is 0 Å². The minimum atomic E-state index is 0.0124.